The van der Waals surface area contributed by atoms with Crippen molar-refractivity contribution in [2.24, 2.45) is 11.1 Å². The van der Waals surface area contributed by atoms with Gasteiger partial charge in [-0.3, -0.25) is 9.89 Å². The highest BCUT2D eigenvalue weighted by Gasteiger charge is 2.26. The molecule has 0 saturated heterocycles. The monoisotopic (exact) mass is 302 g/mol. The highest BCUT2D eigenvalue weighted by Crippen LogP contribution is 2.16. The summed E-state index contributed by atoms with van der Waals surface area (Å²) in [7, 11) is -3.98. The number of nitrogens with one attached hydrogen (secondary N) is 2. The fourth-order valence-corrected chi connectivity index (χ4v) is 2.75. The molecule has 1 rings (SSSR count). The molecule has 114 valence electrons. The number of aromatic amines is 1. The lowest BCUT2D eigenvalue weighted by Gasteiger charge is -2.14. The van der Waals surface area contributed by atoms with Crippen LogP contribution in [-0.4, -0.2) is 30.6 Å². The third-order valence-corrected chi connectivity index (χ3v) is 4.01. The number of H-pyrrole nitrogens is 1. The lowest BCUT2D eigenvalue weighted by Crippen LogP contribution is -2.34. The number of hydrogen-bond donors (Lipinski definition) is 3. The molecule has 0 aliphatic carbocycles. The highest BCUT2D eigenvalue weighted by atomic mass is 32.2. The molecule has 1 amide bonds. The average Bonchev–Trinajstić information content (AvgIpc) is 2.68. The lowest BCUT2D eigenvalue weighted by molar-refractivity contribution is 0.0928. The zero-order valence-electron chi connectivity index (χ0n) is 12.2. The van der Waals surface area contributed by atoms with Crippen LogP contribution in [0.2, 0.25) is 0 Å². The Balaban J connectivity index is 2.84. The van der Waals surface area contributed by atoms with Crippen LogP contribution in [0.1, 0.15) is 49.8 Å². The summed E-state index contributed by atoms with van der Waals surface area (Å²) < 4.78 is 23.0. The molecule has 0 bridgehead atoms. The first kappa shape index (κ1) is 16.6. The van der Waals surface area contributed by atoms with E-state index >= 15 is 0 Å². The van der Waals surface area contributed by atoms with E-state index in [9.17, 15) is 13.2 Å². The Morgan fingerprint density at radius 1 is 1.35 bits per heavy atom. The Kier molecular flexibility index (Phi) is 5.29. The number of nitrogens with two attached hydrogens (primary N) is 1. The molecule has 0 aliphatic rings. The molecular weight excluding hydrogens is 280 g/mol. The van der Waals surface area contributed by atoms with Crippen molar-refractivity contribution >= 4 is 15.9 Å². The van der Waals surface area contributed by atoms with Gasteiger partial charge >= 0.3 is 0 Å². The Labute approximate surface area is 119 Å². The van der Waals surface area contributed by atoms with E-state index in [1.165, 1.54) is 6.92 Å². The smallest absolute Gasteiger partial charge is 0.273 e. The zero-order valence-corrected chi connectivity index (χ0v) is 13.0. The maximum atomic E-state index is 12.1. The van der Waals surface area contributed by atoms with E-state index in [1.807, 2.05) is 6.92 Å². The van der Waals surface area contributed by atoms with E-state index in [-0.39, 0.29) is 22.3 Å². The van der Waals surface area contributed by atoms with Crippen LogP contribution < -0.4 is 10.5 Å². The van der Waals surface area contributed by atoms with Crippen molar-refractivity contribution in [2.75, 3.05) is 0 Å². The third kappa shape index (κ3) is 4.31. The lowest BCUT2D eigenvalue weighted by atomic mass is 10.0. The molecule has 1 aromatic rings. The number of nitrogens with zero attached hydrogens (tertiary/aromatic N) is 1. The van der Waals surface area contributed by atoms with Crippen LogP contribution in [0.4, 0.5) is 0 Å². The van der Waals surface area contributed by atoms with Gasteiger partial charge in [-0.15, -0.1) is 0 Å². The Morgan fingerprint density at radius 3 is 2.45 bits per heavy atom. The summed E-state index contributed by atoms with van der Waals surface area (Å²) >= 11 is 0. The number of sulfonamides is 1. The van der Waals surface area contributed by atoms with Crippen molar-refractivity contribution in [3.8, 4) is 0 Å². The Bertz CT molecular complexity index is 578. The SMILES string of the molecule is Cc1[nH]nc(C(=O)NC(C)CCC(C)C)c1S(N)(=O)=O. The zero-order chi connectivity index (χ0) is 15.5. The molecule has 1 heterocycles. The van der Waals surface area contributed by atoms with E-state index < -0.39 is 15.9 Å². The van der Waals surface area contributed by atoms with Crippen LogP contribution in [0.15, 0.2) is 4.90 Å². The van der Waals surface area contributed by atoms with Gasteiger partial charge in [0.2, 0.25) is 10.0 Å². The fraction of sp³-hybridized carbons (Fsp3) is 0.667. The second-order valence-electron chi connectivity index (χ2n) is 5.42. The summed E-state index contributed by atoms with van der Waals surface area (Å²) in [5.41, 5.74) is 0.0777. The van der Waals surface area contributed by atoms with Gasteiger partial charge in [-0.25, -0.2) is 13.6 Å². The molecule has 0 radical (unpaired) electrons. The second-order valence-corrected chi connectivity index (χ2v) is 6.92. The molecule has 4 N–H and O–H groups in total. The van der Waals surface area contributed by atoms with Gasteiger partial charge in [-0.1, -0.05) is 13.8 Å². The molecule has 0 aliphatic heterocycles. The Morgan fingerprint density at radius 2 is 1.95 bits per heavy atom. The van der Waals surface area contributed by atoms with Gasteiger partial charge in [0.1, 0.15) is 4.90 Å². The summed E-state index contributed by atoms with van der Waals surface area (Å²) in [6, 6.07) is -0.0600. The number of carbonyl (C=O) groups excluding carboxylic acids is 1. The molecule has 1 aromatic heterocycles. The number of primary sulfonamides is 1. The normalized spacial score (nSPS) is 13.5. The van der Waals surface area contributed by atoms with Gasteiger partial charge in [0, 0.05) is 6.04 Å². The molecule has 7 nitrogen and oxygen atoms in total. The van der Waals surface area contributed by atoms with E-state index in [0.29, 0.717) is 5.92 Å². The minimum absolute atomic E-state index is 0.0600. The molecule has 0 saturated carbocycles. The number of hydrogen-bond acceptors (Lipinski definition) is 4. The van der Waals surface area contributed by atoms with Gasteiger partial charge in [0.05, 0.1) is 5.69 Å². The standard InChI is InChI=1S/C12H22N4O3S/c1-7(2)5-6-8(3)14-12(17)10-11(20(13,18)19)9(4)15-16-10/h7-8H,5-6H2,1-4H3,(H,14,17)(H,15,16)(H2,13,18,19). The minimum atomic E-state index is -3.98. The van der Waals surface area contributed by atoms with Gasteiger partial charge in [0.15, 0.2) is 5.69 Å². The van der Waals surface area contributed by atoms with Crippen molar-refractivity contribution in [1.82, 2.24) is 15.5 Å². The molecule has 20 heavy (non-hydrogen) atoms. The van der Waals surface area contributed by atoms with Crippen LogP contribution in [0.5, 0.6) is 0 Å². The van der Waals surface area contributed by atoms with E-state index in [2.05, 4.69) is 29.4 Å². The first-order valence-corrected chi connectivity index (χ1v) is 8.06. The maximum Gasteiger partial charge on any atom is 0.273 e. The molecule has 1 unspecified atom stereocenters. The number of carbonyl (C=O) groups is 1. The first-order chi connectivity index (χ1) is 9.12. The predicted octanol–water partition coefficient (Wildman–Crippen LogP) is 0.920. The first-order valence-electron chi connectivity index (χ1n) is 6.51. The van der Waals surface area contributed by atoms with E-state index in [1.54, 1.807) is 0 Å². The Hall–Kier alpha value is -1.41. The number of aryl methyl sites for hydroxylation is 1. The molecule has 0 spiro atoms. The topological polar surface area (TPSA) is 118 Å². The highest BCUT2D eigenvalue weighted by molar-refractivity contribution is 7.89. The molecule has 0 fully saturated rings. The van der Waals surface area contributed by atoms with Crippen LogP contribution >= 0.6 is 0 Å². The average molecular weight is 302 g/mol. The summed E-state index contributed by atoms with van der Waals surface area (Å²) in [5, 5.41) is 14.1. The van der Waals surface area contributed by atoms with Crippen molar-refractivity contribution in [3.05, 3.63) is 11.4 Å². The molecule has 0 aromatic carbocycles. The molecule has 1 atom stereocenters. The largest absolute Gasteiger partial charge is 0.348 e. The quantitative estimate of drug-likeness (QED) is 0.724. The number of rotatable bonds is 6. The number of aromatic nitrogens is 2. The third-order valence-electron chi connectivity index (χ3n) is 2.95. The minimum Gasteiger partial charge on any atom is -0.348 e. The van der Waals surface area contributed by atoms with Gasteiger partial charge in [-0.2, -0.15) is 5.10 Å². The van der Waals surface area contributed by atoms with Crippen molar-refractivity contribution in [2.45, 2.75) is 51.5 Å². The van der Waals surface area contributed by atoms with Crippen molar-refractivity contribution in [1.29, 1.82) is 0 Å². The molecule has 8 heteroatoms. The van der Waals surface area contributed by atoms with Crippen molar-refractivity contribution < 1.29 is 13.2 Å². The van der Waals surface area contributed by atoms with E-state index in [0.717, 1.165) is 12.8 Å². The van der Waals surface area contributed by atoms with Crippen LogP contribution in [-0.2, 0) is 10.0 Å². The number of amides is 1. The van der Waals surface area contributed by atoms with Crippen molar-refractivity contribution in [3.63, 3.8) is 0 Å². The van der Waals surface area contributed by atoms with Gasteiger partial charge < -0.3 is 5.32 Å². The van der Waals surface area contributed by atoms with Gasteiger partial charge in [-0.05, 0) is 32.6 Å². The summed E-state index contributed by atoms with van der Waals surface area (Å²) in [6.07, 6.45) is 1.79. The van der Waals surface area contributed by atoms with Gasteiger partial charge in [0.25, 0.3) is 5.91 Å². The van der Waals surface area contributed by atoms with E-state index in [4.69, 9.17) is 5.14 Å². The maximum absolute atomic E-state index is 12.1. The second kappa shape index (κ2) is 6.36. The summed E-state index contributed by atoms with van der Waals surface area (Å²) in [5.74, 6) is 0.0107. The fourth-order valence-electron chi connectivity index (χ4n) is 1.87. The predicted molar refractivity (Wildman–Crippen MR) is 75.7 cm³/mol. The molecular formula is C12H22N4O3S. The van der Waals surface area contributed by atoms with Crippen LogP contribution in [0.25, 0.3) is 0 Å². The summed E-state index contributed by atoms with van der Waals surface area (Å²) in [4.78, 5) is 11.8. The van der Waals surface area contributed by atoms with Crippen LogP contribution in [0.3, 0.4) is 0 Å². The van der Waals surface area contributed by atoms with Crippen LogP contribution in [0, 0.1) is 12.8 Å². The summed E-state index contributed by atoms with van der Waals surface area (Å²) in [6.45, 7) is 7.58.